The molecule has 10 heteroatoms. The molecule has 0 radical (unpaired) electrons. The molecule has 4 aromatic rings. The van der Waals surface area contributed by atoms with E-state index in [0.717, 1.165) is 34.9 Å². The highest BCUT2D eigenvalue weighted by Crippen LogP contribution is 2.28. The summed E-state index contributed by atoms with van der Waals surface area (Å²) in [6.07, 6.45) is 2.15. The molecule has 1 fully saturated rings. The Bertz CT molecular complexity index is 1700. The molecule has 0 spiro atoms. The van der Waals surface area contributed by atoms with E-state index in [0.29, 0.717) is 37.4 Å². The van der Waals surface area contributed by atoms with Crippen molar-refractivity contribution in [2.45, 2.75) is 58.7 Å². The lowest BCUT2D eigenvalue weighted by molar-refractivity contribution is 0.0672. The van der Waals surface area contributed by atoms with Crippen LogP contribution in [0.2, 0.25) is 0 Å². The van der Waals surface area contributed by atoms with Crippen molar-refractivity contribution in [3.8, 4) is 5.75 Å². The van der Waals surface area contributed by atoms with Gasteiger partial charge in [-0.15, -0.1) is 0 Å². The van der Waals surface area contributed by atoms with Gasteiger partial charge in [0.2, 0.25) is 10.0 Å². The fourth-order valence-electron chi connectivity index (χ4n) is 5.81. The minimum absolute atomic E-state index is 0.153. The number of piperidine rings is 1. The fourth-order valence-corrected chi connectivity index (χ4v) is 6.87. The summed E-state index contributed by atoms with van der Waals surface area (Å²) in [7, 11) is -4.00. The molecule has 5 rings (SSSR count). The Morgan fingerprint density at radius 3 is 2.43 bits per heavy atom. The highest BCUT2D eigenvalue weighted by atomic mass is 32.2. The quantitative estimate of drug-likeness (QED) is 0.222. The number of rotatable bonds is 11. The molecule has 0 aliphatic carbocycles. The van der Waals surface area contributed by atoms with Crippen molar-refractivity contribution < 1.29 is 27.5 Å². The van der Waals surface area contributed by atoms with Crippen LogP contribution in [0.25, 0.3) is 10.9 Å². The standard InChI is InChI=1S/C34H39N3O6S/c1-25-16-17-31-30(23-25)26(2)32(37(31)20-21-42-29-14-7-4-8-15-29)33(38)35-44(40,41)22-18-28-13-9-10-19-36(28)34(39)43-24-27-11-5-3-6-12-27/h3-8,11-12,14-17,23,28H,9-10,13,18-22,24H2,1-2H3,(H,35,38)/t28-/m0/s1. The minimum atomic E-state index is -4.00. The second kappa shape index (κ2) is 14.0. The number of sulfonamides is 1. The topological polar surface area (TPSA) is 107 Å². The highest BCUT2D eigenvalue weighted by molar-refractivity contribution is 7.90. The lowest BCUT2D eigenvalue weighted by Gasteiger charge is -2.34. The Balaban J connectivity index is 1.26. The Kier molecular flexibility index (Phi) is 9.89. The highest BCUT2D eigenvalue weighted by Gasteiger charge is 2.30. The van der Waals surface area contributed by atoms with Gasteiger partial charge in [-0.2, -0.15) is 0 Å². The number of benzene rings is 3. The van der Waals surface area contributed by atoms with Gasteiger partial charge in [0, 0.05) is 23.5 Å². The van der Waals surface area contributed by atoms with Crippen LogP contribution in [0.5, 0.6) is 5.75 Å². The van der Waals surface area contributed by atoms with Crippen LogP contribution in [-0.2, 0) is 27.9 Å². The van der Waals surface area contributed by atoms with Gasteiger partial charge in [-0.1, -0.05) is 60.2 Å². The molecule has 9 nitrogen and oxygen atoms in total. The van der Waals surface area contributed by atoms with Crippen LogP contribution in [0.4, 0.5) is 4.79 Å². The summed E-state index contributed by atoms with van der Waals surface area (Å²) in [5, 5.41) is 0.888. The molecule has 0 saturated carbocycles. The Morgan fingerprint density at radius 1 is 0.955 bits per heavy atom. The number of nitrogens with one attached hydrogen (secondary N) is 1. The summed E-state index contributed by atoms with van der Waals surface area (Å²) in [5.41, 5.74) is 3.75. The van der Waals surface area contributed by atoms with E-state index in [4.69, 9.17) is 9.47 Å². The van der Waals surface area contributed by atoms with Gasteiger partial charge in [-0.05, 0) is 74.9 Å². The number of amides is 2. The minimum Gasteiger partial charge on any atom is -0.492 e. The van der Waals surface area contributed by atoms with Crippen molar-refractivity contribution >= 4 is 32.9 Å². The molecule has 2 amide bonds. The van der Waals surface area contributed by atoms with Crippen LogP contribution in [0.3, 0.4) is 0 Å². The van der Waals surface area contributed by atoms with E-state index in [1.807, 2.05) is 97.3 Å². The summed E-state index contributed by atoms with van der Waals surface area (Å²) < 4.78 is 42.0. The summed E-state index contributed by atoms with van der Waals surface area (Å²) in [5.74, 6) is -0.258. The molecule has 0 unspecified atom stereocenters. The van der Waals surface area contributed by atoms with Crippen molar-refractivity contribution in [2.75, 3.05) is 18.9 Å². The third-order valence-corrected chi connectivity index (χ3v) is 9.32. The molecule has 1 aliphatic rings. The van der Waals surface area contributed by atoms with Gasteiger partial charge in [-0.3, -0.25) is 4.79 Å². The van der Waals surface area contributed by atoms with Gasteiger partial charge >= 0.3 is 6.09 Å². The van der Waals surface area contributed by atoms with E-state index in [1.165, 1.54) is 0 Å². The van der Waals surface area contributed by atoms with Crippen LogP contribution >= 0.6 is 0 Å². The average molecular weight is 618 g/mol. The maximum Gasteiger partial charge on any atom is 0.410 e. The predicted octanol–water partition coefficient (Wildman–Crippen LogP) is 5.98. The van der Waals surface area contributed by atoms with Crippen LogP contribution in [0.1, 0.15) is 52.9 Å². The van der Waals surface area contributed by atoms with E-state index in [1.54, 1.807) is 4.90 Å². The number of aryl methyl sites for hydroxylation is 2. The molecule has 3 aromatic carbocycles. The summed E-state index contributed by atoms with van der Waals surface area (Å²) >= 11 is 0. The monoisotopic (exact) mass is 617 g/mol. The molecule has 2 heterocycles. The number of hydrogen-bond donors (Lipinski definition) is 1. The van der Waals surface area contributed by atoms with Crippen LogP contribution < -0.4 is 9.46 Å². The molecular weight excluding hydrogens is 578 g/mol. The number of ether oxygens (including phenoxy) is 2. The fraction of sp³-hybridized carbons (Fsp3) is 0.353. The summed E-state index contributed by atoms with van der Waals surface area (Å²) in [4.78, 5) is 28.1. The first-order valence-corrected chi connectivity index (χ1v) is 16.7. The third-order valence-electron chi connectivity index (χ3n) is 8.05. The molecule has 1 N–H and O–H groups in total. The number of aromatic nitrogens is 1. The van der Waals surface area contributed by atoms with Crippen molar-refractivity contribution in [2.24, 2.45) is 0 Å². The number of nitrogens with zero attached hydrogens (tertiary/aromatic N) is 2. The lowest BCUT2D eigenvalue weighted by atomic mass is 10.0. The van der Waals surface area contributed by atoms with Crippen molar-refractivity contribution in [3.05, 3.63) is 101 Å². The zero-order chi connectivity index (χ0) is 31.1. The first kappa shape index (κ1) is 31.1. The van der Waals surface area contributed by atoms with Crippen LogP contribution in [0.15, 0.2) is 78.9 Å². The molecular formula is C34H39N3O6S. The molecule has 44 heavy (non-hydrogen) atoms. The van der Waals surface area contributed by atoms with E-state index in [2.05, 4.69) is 4.72 Å². The number of para-hydroxylation sites is 1. The van der Waals surface area contributed by atoms with Gasteiger partial charge in [-0.25, -0.2) is 17.9 Å². The second-order valence-corrected chi connectivity index (χ2v) is 13.1. The van der Waals surface area contributed by atoms with E-state index < -0.39 is 22.0 Å². The largest absolute Gasteiger partial charge is 0.492 e. The molecule has 1 aliphatic heterocycles. The van der Waals surface area contributed by atoms with Crippen molar-refractivity contribution in [1.29, 1.82) is 0 Å². The molecule has 1 aromatic heterocycles. The van der Waals surface area contributed by atoms with Crippen LogP contribution in [-0.4, -0.2) is 54.8 Å². The van der Waals surface area contributed by atoms with E-state index in [-0.39, 0.29) is 30.5 Å². The first-order valence-electron chi connectivity index (χ1n) is 15.0. The number of likely N-dealkylation sites (tertiary alicyclic amines) is 1. The van der Waals surface area contributed by atoms with E-state index in [9.17, 15) is 18.0 Å². The number of fused-ring (bicyclic) bond motifs is 1. The van der Waals surface area contributed by atoms with Crippen LogP contribution in [0, 0.1) is 13.8 Å². The summed E-state index contributed by atoms with van der Waals surface area (Å²) in [6, 6.07) is 24.5. The number of carbonyl (C=O) groups is 2. The first-order chi connectivity index (χ1) is 21.2. The molecule has 232 valence electrons. The van der Waals surface area contributed by atoms with Crippen molar-refractivity contribution in [1.82, 2.24) is 14.2 Å². The molecule has 1 atom stereocenters. The van der Waals surface area contributed by atoms with Gasteiger partial charge in [0.15, 0.2) is 0 Å². The SMILES string of the molecule is Cc1ccc2c(c1)c(C)c(C(=O)NS(=O)(=O)CC[C@@H]1CCCCN1C(=O)OCc1ccccc1)n2CCOc1ccccc1. The Hall–Kier alpha value is -4.31. The summed E-state index contributed by atoms with van der Waals surface area (Å²) in [6.45, 7) is 5.12. The number of hydrogen-bond acceptors (Lipinski definition) is 6. The maximum atomic E-state index is 13.6. The second-order valence-electron chi connectivity index (χ2n) is 11.2. The van der Waals surface area contributed by atoms with Gasteiger partial charge in [0.1, 0.15) is 24.7 Å². The predicted molar refractivity (Wildman–Crippen MR) is 170 cm³/mol. The smallest absolute Gasteiger partial charge is 0.410 e. The normalized spacial score (nSPS) is 15.2. The van der Waals surface area contributed by atoms with E-state index >= 15 is 0 Å². The molecule has 0 bridgehead atoms. The average Bonchev–Trinajstić information content (AvgIpc) is 3.30. The van der Waals surface area contributed by atoms with Gasteiger partial charge in [0.25, 0.3) is 5.91 Å². The molecule has 1 saturated heterocycles. The lowest BCUT2D eigenvalue weighted by Crippen LogP contribution is -2.45. The third kappa shape index (κ3) is 7.60. The zero-order valence-corrected chi connectivity index (χ0v) is 26.0. The van der Waals surface area contributed by atoms with Crippen molar-refractivity contribution in [3.63, 3.8) is 0 Å². The van der Waals surface area contributed by atoms with Gasteiger partial charge in [0.05, 0.1) is 12.3 Å². The Morgan fingerprint density at radius 2 is 1.68 bits per heavy atom. The maximum absolute atomic E-state index is 13.6. The van der Waals surface area contributed by atoms with Gasteiger partial charge < -0.3 is 18.9 Å². The Labute approximate surface area is 258 Å². The zero-order valence-electron chi connectivity index (χ0n) is 25.2. The number of carbonyl (C=O) groups excluding carboxylic acids is 2.